The van der Waals surface area contributed by atoms with Crippen LogP contribution in [0, 0.1) is 0 Å². The molecule has 1 aliphatic carbocycles. The summed E-state index contributed by atoms with van der Waals surface area (Å²) in [5.74, 6) is 0. The zero-order valence-electron chi connectivity index (χ0n) is 31.5. The monoisotopic (exact) mass is 729 g/mol. The predicted molar refractivity (Wildman–Crippen MR) is 241 cm³/mol. The molecule has 270 valence electrons. The molecule has 0 aliphatic heterocycles. The lowest BCUT2D eigenvalue weighted by Gasteiger charge is -2.27. The molecule has 2 heterocycles. The van der Waals surface area contributed by atoms with Crippen LogP contribution in [0.2, 0.25) is 0 Å². The first-order valence-electron chi connectivity index (χ1n) is 19.8. The van der Waals surface area contributed by atoms with E-state index in [2.05, 4.69) is 226 Å². The maximum Gasteiger partial charge on any atom is 0.0561 e. The molecule has 0 amide bonds. The van der Waals surface area contributed by atoms with Gasteiger partial charge in [-0.3, -0.25) is 0 Å². The number of allylic oxidation sites excluding steroid dienone is 1. The van der Waals surface area contributed by atoms with E-state index in [0.29, 0.717) is 0 Å². The smallest absolute Gasteiger partial charge is 0.0561 e. The minimum atomic E-state index is 1.00. The van der Waals surface area contributed by atoms with Crippen molar-refractivity contribution in [2.45, 2.75) is 12.8 Å². The highest BCUT2D eigenvalue weighted by atomic mass is 15.1. The van der Waals surface area contributed by atoms with Gasteiger partial charge in [0.1, 0.15) is 0 Å². The quantitative estimate of drug-likeness (QED) is 0.159. The molecule has 0 radical (unpaired) electrons. The van der Waals surface area contributed by atoms with Crippen LogP contribution >= 0.6 is 0 Å². The predicted octanol–water partition coefficient (Wildman–Crippen LogP) is 14.5. The Morgan fingerprint density at radius 2 is 0.947 bits per heavy atom. The molecular weight excluding hydrogens is 691 g/mol. The van der Waals surface area contributed by atoms with E-state index < -0.39 is 0 Å². The molecule has 0 saturated carbocycles. The largest absolute Gasteiger partial charge is 0.313 e. The highest BCUT2D eigenvalue weighted by molar-refractivity contribution is 6.10. The topological polar surface area (TPSA) is 13.1 Å². The minimum Gasteiger partial charge on any atom is -0.313 e. The van der Waals surface area contributed by atoms with Crippen molar-refractivity contribution in [1.29, 1.82) is 0 Å². The lowest BCUT2D eigenvalue weighted by atomic mass is 9.99. The summed E-state index contributed by atoms with van der Waals surface area (Å²) in [5.41, 5.74) is 16.8. The number of anilines is 3. The van der Waals surface area contributed by atoms with Gasteiger partial charge >= 0.3 is 0 Å². The van der Waals surface area contributed by atoms with E-state index in [9.17, 15) is 0 Å². The van der Waals surface area contributed by atoms with E-state index in [1.165, 1.54) is 77.6 Å². The first-order chi connectivity index (χ1) is 28.3. The second-order valence-electron chi connectivity index (χ2n) is 14.9. The maximum absolute atomic E-state index is 2.47. The fourth-order valence-corrected chi connectivity index (χ4v) is 8.98. The third-order valence-corrected chi connectivity index (χ3v) is 11.6. The Labute approximate surface area is 332 Å². The number of para-hydroxylation sites is 3. The zero-order chi connectivity index (χ0) is 37.7. The van der Waals surface area contributed by atoms with Crippen LogP contribution in [-0.2, 0) is 6.42 Å². The van der Waals surface area contributed by atoms with Crippen molar-refractivity contribution in [1.82, 2.24) is 9.13 Å². The number of fused-ring (bicyclic) bond motifs is 6. The summed E-state index contributed by atoms with van der Waals surface area (Å²) in [6, 6.07) is 72.7. The molecule has 0 unspecified atom stereocenters. The number of rotatable bonds is 7. The Balaban J connectivity index is 1.07. The molecule has 57 heavy (non-hydrogen) atoms. The van der Waals surface area contributed by atoms with Crippen molar-refractivity contribution in [3.05, 3.63) is 218 Å². The van der Waals surface area contributed by atoms with Gasteiger partial charge in [0.2, 0.25) is 0 Å². The van der Waals surface area contributed by atoms with Crippen molar-refractivity contribution in [3.8, 4) is 33.6 Å². The van der Waals surface area contributed by atoms with Crippen molar-refractivity contribution in [3.63, 3.8) is 0 Å². The Morgan fingerprint density at radius 3 is 1.65 bits per heavy atom. The number of nitrogens with zero attached hydrogens (tertiary/aromatic N) is 3. The molecule has 1 aliphatic rings. The summed E-state index contributed by atoms with van der Waals surface area (Å²) in [6.45, 7) is 0. The second-order valence-corrected chi connectivity index (χ2v) is 14.9. The summed E-state index contributed by atoms with van der Waals surface area (Å²) in [6.07, 6.45) is 6.71. The van der Waals surface area contributed by atoms with E-state index in [-0.39, 0.29) is 0 Å². The van der Waals surface area contributed by atoms with Crippen LogP contribution in [0.15, 0.2) is 206 Å². The van der Waals surface area contributed by atoms with Gasteiger partial charge in [0.25, 0.3) is 0 Å². The molecule has 2 aromatic heterocycles. The van der Waals surface area contributed by atoms with Crippen LogP contribution in [-0.4, -0.2) is 9.13 Å². The molecule has 0 atom stereocenters. The molecule has 0 spiro atoms. The van der Waals surface area contributed by atoms with Gasteiger partial charge in [0.05, 0.1) is 22.2 Å². The molecule has 0 N–H and O–H groups in total. The first kappa shape index (κ1) is 33.0. The van der Waals surface area contributed by atoms with E-state index in [0.717, 1.165) is 29.9 Å². The Morgan fingerprint density at radius 1 is 0.404 bits per heavy atom. The Bertz CT molecular complexity index is 3080. The van der Waals surface area contributed by atoms with Gasteiger partial charge in [-0.25, -0.2) is 0 Å². The van der Waals surface area contributed by atoms with Crippen molar-refractivity contribution in [2.75, 3.05) is 4.90 Å². The molecule has 11 rings (SSSR count). The van der Waals surface area contributed by atoms with Gasteiger partial charge in [-0.05, 0) is 108 Å². The highest BCUT2D eigenvalue weighted by Crippen LogP contribution is 2.45. The SMILES string of the molecule is C1=Cc2c(n(-c3ccccc3)c3cccc(N(c4ccc(-c5ccccc5)cc4)c4ccc(-c5ccc6c7ccccc7n(-c7ccccc7)c6c5)cc4)c23)CC1. The van der Waals surface area contributed by atoms with E-state index in [4.69, 9.17) is 0 Å². The highest BCUT2D eigenvalue weighted by Gasteiger charge is 2.24. The molecular formula is C54H39N3. The summed E-state index contributed by atoms with van der Waals surface area (Å²) < 4.78 is 4.86. The van der Waals surface area contributed by atoms with Crippen LogP contribution in [0.1, 0.15) is 17.7 Å². The lowest BCUT2D eigenvalue weighted by molar-refractivity contribution is 0.888. The van der Waals surface area contributed by atoms with Gasteiger partial charge in [0.15, 0.2) is 0 Å². The molecule has 8 aromatic carbocycles. The van der Waals surface area contributed by atoms with Crippen molar-refractivity contribution < 1.29 is 0 Å². The first-order valence-corrected chi connectivity index (χ1v) is 19.8. The standard InChI is InChI=1S/C54H39N3/c1-4-15-38(16-5-1)39-27-32-44(33-28-39)55(51-25-14-26-52-54(51)48-22-11-13-24-50(48)56(52)42-17-6-2-7-18-42)45-34-29-40(30-35-45)41-31-36-47-46-21-10-12-23-49(46)57(53(47)37-41)43-19-8-3-9-20-43/h1-12,14-23,25-37H,13,24H2. The van der Waals surface area contributed by atoms with Gasteiger partial charge in [-0.15, -0.1) is 0 Å². The molecule has 3 nitrogen and oxygen atoms in total. The van der Waals surface area contributed by atoms with Crippen LogP contribution < -0.4 is 4.90 Å². The molecule has 0 bridgehead atoms. The van der Waals surface area contributed by atoms with Gasteiger partial charge in [0, 0.05) is 50.2 Å². The summed E-state index contributed by atoms with van der Waals surface area (Å²) in [7, 11) is 0. The van der Waals surface area contributed by atoms with Crippen LogP contribution in [0.5, 0.6) is 0 Å². The Hall–Kier alpha value is -7.36. The zero-order valence-corrected chi connectivity index (χ0v) is 31.5. The van der Waals surface area contributed by atoms with Crippen molar-refractivity contribution in [2.24, 2.45) is 0 Å². The number of hydrogen-bond acceptors (Lipinski definition) is 1. The van der Waals surface area contributed by atoms with E-state index >= 15 is 0 Å². The van der Waals surface area contributed by atoms with Crippen LogP contribution in [0.25, 0.3) is 72.4 Å². The average molecular weight is 730 g/mol. The minimum absolute atomic E-state index is 1.00. The average Bonchev–Trinajstić information content (AvgIpc) is 3.81. The summed E-state index contributed by atoms with van der Waals surface area (Å²) in [5, 5.41) is 3.79. The maximum atomic E-state index is 2.47. The summed E-state index contributed by atoms with van der Waals surface area (Å²) in [4.78, 5) is 2.44. The summed E-state index contributed by atoms with van der Waals surface area (Å²) >= 11 is 0. The van der Waals surface area contributed by atoms with Crippen molar-refractivity contribution >= 4 is 55.8 Å². The molecule has 10 aromatic rings. The number of benzene rings is 8. The molecule has 0 saturated heterocycles. The third kappa shape index (κ3) is 5.58. The Kier molecular flexibility index (Phi) is 7.96. The number of aromatic nitrogens is 2. The van der Waals surface area contributed by atoms with Gasteiger partial charge < -0.3 is 14.0 Å². The van der Waals surface area contributed by atoms with E-state index in [1.54, 1.807) is 0 Å². The second kappa shape index (κ2) is 13.7. The fraction of sp³-hybridized carbons (Fsp3) is 0.0370. The van der Waals surface area contributed by atoms with Crippen LogP contribution in [0.3, 0.4) is 0 Å². The van der Waals surface area contributed by atoms with E-state index in [1.807, 2.05) is 0 Å². The molecule has 3 heteroatoms. The van der Waals surface area contributed by atoms with Gasteiger partial charge in [-0.2, -0.15) is 0 Å². The fourth-order valence-electron chi connectivity index (χ4n) is 8.98. The van der Waals surface area contributed by atoms with Gasteiger partial charge in [-0.1, -0.05) is 140 Å². The lowest BCUT2D eigenvalue weighted by Crippen LogP contribution is -2.10. The normalized spacial score (nSPS) is 12.4. The number of hydrogen-bond donors (Lipinski definition) is 0. The molecule has 0 fully saturated rings. The third-order valence-electron chi connectivity index (χ3n) is 11.6. The van der Waals surface area contributed by atoms with Crippen LogP contribution in [0.4, 0.5) is 17.1 Å².